The topological polar surface area (TPSA) is 142 Å². The van der Waals surface area contributed by atoms with Crippen molar-refractivity contribution in [2.75, 3.05) is 20.2 Å². The maximum absolute atomic E-state index is 13.3. The van der Waals surface area contributed by atoms with Crippen molar-refractivity contribution in [3.05, 3.63) is 41.4 Å². The molecule has 2 amide bonds. The summed E-state index contributed by atoms with van der Waals surface area (Å²) in [6.07, 6.45) is -4.07. The van der Waals surface area contributed by atoms with Crippen LogP contribution in [0.1, 0.15) is 54.7 Å². The number of alkyl carbamates (subject to hydrolysis) is 1. The molecule has 1 atom stereocenters. The Hall–Kier alpha value is -3.87. The summed E-state index contributed by atoms with van der Waals surface area (Å²) in [5, 5.41) is 5.68. The quantitative estimate of drug-likeness (QED) is 0.390. The lowest BCUT2D eigenvalue weighted by molar-refractivity contribution is -0.140. The molecule has 10 nitrogen and oxygen atoms in total. The molecule has 0 spiro atoms. The second kappa shape index (κ2) is 10.9. The number of nitrogens with one attached hydrogen (secondary N) is 2. The molecule has 4 N–H and O–H groups in total. The molecular weight excluding hydrogens is 507 g/mol. The van der Waals surface area contributed by atoms with Gasteiger partial charge >= 0.3 is 12.3 Å². The first-order chi connectivity index (χ1) is 18.0. The minimum absolute atomic E-state index is 0.00991. The highest BCUT2D eigenvalue weighted by Crippen LogP contribution is 2.37. The summed E-state index contributed by atoms with van der Waals surface area (Å²) in [7, 11) is 1.33. The maximum Gasteiger partial charge on any atom is 0.433 e. The van der Waals surface area contributed by atoms with Crippen LogP contribution in [0.4, 0.5) is 18.0 Å². The van der Waals surface area contributed by atoms with Gasteiger partial charge in [0.15, 0.2) is 11.5 Å². The molecule has 1 saturated carbocycles. The number of hydrogen-bond acceptors (Lipinski definition) is 8. The number of benzene rings is 1. The summed E-state index contributed by atoms with van der Waals surface area (Å²) < 4.78 is 56.1. The molecule has 13 heteroatoms. The fraction of sp³-hybridized carbons (Fsp3) is 0.440. The molecule has 4 rings (SSSR count). The third kappa shape index (κ3) is 5.67. The zero-order valence-electron chi connectivity index (χ0n) is 21.0. The van der Waals surface area contributed by atoms with Gasteiger partial charge in [0.25, 0.3) is 5.91 Å². The van der Waals surface area contributed by atoms with Crippen LogP contribution in [0, 0.1) is 5.92 Å². The van der Waals surface area contributed by atoms with E-state index in [1.54, 1.807) is 19.9 Å². The molecule has 0 aliphatic heterocycles. The highest BCUT2D eigenvalue weighted by molar-refractivity contribution is 5.98. The first-order valence-corrected chi connectivity index (χ1v) is 12.1. The Kier molecular flexibility index (Phi) is 7.76. The van der Waals surface area contributed by atoms with E-state index in [1.807, 2.05) is 0 Å². The van der Waals surface area contributed by atoms with Gasteiger partial charge in [-0.1, -0.05) is 0 Å². The molecule has 0 bridgehead atoms. The summed E-state index contributed by atoms with van der Waals surface area (Å²) in [6.45, 7) is 4.23. The number of carbonyl (C=O) groups excluding carboxylic acids is 2. The predicted molar refractivity (Wildman–Crippen MR) is 130 cm³/mol. The number of methoxy groups -OCH3 is 1. The molecule has 0 radical (unpaired) electrons. The van der Waals surface area contributed by atoms with E-state index in [2.05, 4.69) is 20.6 Å². The smallest absolute Gasteiger partial charge is 0.433 e. The van der Waals surface area contributed by atoms with Gasteiger partial charge in [0, 0.05) is 24.0 Å². The van der Waals surface area contributed by atoms with Gasteiger partial charge < -0.3 is 30.3 Å². The lowest BCUT2D eigenvalue weighted by Crippen LogP contribution is -2.42. The van der Waals surface area contributed by atoms with Gasteiger partial charge in [-0.15, -0.1) is 0 Å². The molecule has 2 aromatic heterocycles. The number of carbonyl (C=O) groups is 2. The Bertz CT molecular complexity index is 1330. The zero-order valence-corrected chi connectivity index (χ0v) is 21.0. The Balaban J connectivity index is 1.55. The molecule has 3 aromatic rings. The highest BCUT2D eigenvalue weighted by Gasteiger charge is 2.34. The van der Waals surface area contributed by atoms with Gasteiger partial charge in [-0.05, 0) is 56.9 Å². The second-order valence-corrected chi connectivity index (χ2v) is 9.03. The summed E-state index contributed by atoms with van der Waals surface area (Å²) >= 11 is 0. The van der Waals surface area contributed by atoms with Crippen molar-refractivity contribution in [3.8, 4) is 17.2 Å². The Morgan fingerprint density at radius 2 is 1.92 bits per heavy atom. The van der Waals surface area contributed by atoms with Crippen LogP contribution in [0.25, 0.3) is 22.4 Å². The fourth-order valence-electron chi connectivity index (χ4n) is 4.22. The summed E-state index contributed by atoms with van der Waals surface area (Å²) in [5.41, 5.74) is 5.24. The first-order valence-electron chi connectivity index (χ1n) is 12.1. The summed E-state index contributed by atoms with van der Waals surface area (Å²) in [4.78, 5) is 32.6. The van der Waals surface area contributed by atoms with Crippen LogP contribution in [0.3, 0.4) is 0 Å². The number of oxazole rings is 1. The van der Waals surface area contributed by atoms with Crippen LogP contribution in [0.2, 0.25) is 0 Å². The predicted octanol–water partition coefficient (Wildman–Crippen LogP) is 4.19. The van der Waals surface area contributed by atoms with Crippen molar-refractivity contribution in [3.63, 3.8) is 0 Å². The van der Waals surface area contributed by atoms with Crippen LogP contribution in [0.5, 0.6) is 5.75 Å². The molecule has 0 unspecified atom stereocenters. The molecule has 1 aromatic carbocycles. The number of alkyl halides is 3. The molecule has 204 valence electrons. The van der Waals surface area contributed by atoms with E-state index in [4.69, 9.17) is 19.6 Å². The minimum Gasteiger partial charge on any atom is -0.494 e. The zero-order chi connectivity index (χ0) is 27.6. The maximum atomic E-state index is 13.3. The average Bonchev–Trinajstić information content (AvgIpc) is 3.29. The van der Waals surface area contributed by atoms with Gasteiger partial charge in [-0.2, -0.15) is 13.2 Å². The molecule has 1 aliphatic carbocycles. The van der Waals surface area contributed by atoms with Crippen LogP contribution in [-0.4, -0.2) is 48.3 Å². The average molecular weight is 536 g/mol. The van der Waals surface area contributed by atoms with Crippen molar-refractivity contribution < 1.29 is 36.7 Å². The number of nitrogens with zero attached hydrogens (tertiary/aromatic N) is 2. The molecule has 38 heavy (non-hydrogen) atoms. The van der Waals surface area contributed by atoms with E-state index in [0.717, 1.165) is 6.07 Å². The van der Waals surface area contributed by atoms with E-state index >= 15 is 0 Å². The van der Waals surface area contributed by atoms with Crippen molar-refractivity contribution in [1.29, 1.82) is 0 Å². The van der Waals surface area contributed by atoms with E-state index in [0.29, 0.717) is 36.9 Å². The fourth-order valence-corrected chi connectivity index (χ4v) is 4.22. The third-order valence-electron chi connectivity index (χ3n) is 6.18. The van der Waals surface area contributed by atoms with E-state index in [-0.39, 0.29) is 40.6 Å². The lowest BCUT2D eigenvalue weighted by atomic mass is 9.82. The standard InChI is InChI=1S/C25H28F3N5O5/c1-4-30-24(35)37-14-9-13(10-14)11-31-22(34)20-21(12(2)29)38-23(33-20)16-5-7-17(36-3)19-15(16)6-8-18(32-19)25(26,27)28/h5-8,12-14H,4,9-11,29H2,1-3H3,(H,30,35)(H,31,34)/t12-,13-,14+/m0/s1. The first kappa shape index (κ1) is 27.2. The third-order valence-corrected chi connectivity index (χ3v) is 6.18. The normalized spacial score (nSPS) is 18.0. The van der Waals surface area contributed by atoms with Crippen molar-refractivity contribution in [2.24, 2.45) is 11.7 Å². The van der Waals surface area contributed by atoms with Crippen molar-refractivity contribution >= 4 is 22.9 Å². The number of pyridine rings is 1. The summed E-state index contributed by atoms with van der Waals surface area (Å²) in [5.74, 6) is -0.0940. The van der Waals surface area contributed by atoms with E-state index < -0.39 is 29.9 Å². The molecule has 1 fully saturated rings. The molecular formula is C25H28F3N5O5. The number of aromatic nitrogens is 2. The Morgan fingerprint density at radius 1 is 1.18 bits per heavy atom. The number of ether oxygens (including phenoxy) is 2. The second-order valence-electron chi connectivity index (χ2n) is 9.03. The molecule has 0 saturated heterocycles. The Labute approximate surface area is 216 Å². The lowest BCUT2D eigenvalue weighted by Gasteiger charge is -2.34. The van der Waals surface area contributed by atoms with Crippen LogP contribution >= 0.6 is 0 Å². The van der Waals surface area contributed by atoms with Gasteiger partial charge in [-0.25, -0.2) is 14.8 Å². The van der Waals surface area contributed by atoms with Crippen molar-refractivity contribution in [1.82, 2.24) is 20.6 Å². The number of fused-ring (bicyclic) bond motifs is 1. The highest BCUT2D eigenvalue weighted by atomic mass is 19.4. The van der Waals surface area contributed by atoms with Crippen LogP contribution < -0.4 is 21.1 Å². The van der Waals surface area contributed by atoms with Gasteiger partial charge in [0.1, 0.15) is 23.1 Å². The monoisotopic (exact) mass is 535 g/mol. The number of nitrogens with two attached hydrogens (primary N) is 1. The van der Waals surface area contributed by atoms with Gasteiger partial charge in [-0.3, -0.25) is 4.79 Å². The van der Waals surface area contributed by atoms with Gasteiger partial charge in [0.05, 0.1) is 13.2 Å². The number of amides is 2. The summed E-state index contributed by atoms with van der Waals surface area (Å²) in [6, 6.07) is 4.45. The van der Waals surface area contributed by atoms with E-state index in [1.165, 1.54) is 19.2 Å². The largest absolute Gasteiger partial charge is 0.494 e. The molecule has 1 aliphatic rings. The number of hydrogen-bond donors (Lipinski definition) is 3. The number of halogens is 3. The van der Waals surface area contributed by atoms with Crippen LogP contribution in [0.15, 0.2) is 28.7 Å². The number of rotatable bonds is 8. The van der Waals surface area contributed by atoms with Gasteiger partial charge in [0.2, 0.25) is 5.89 Å². The molecule has 2 heterocycles. The minimum atomic E-state index is -4.64. The van der Waals surface area contributed by atoms with E-state index in [9.17, 15) is 22.8 Å². The van der Waals surface area contributed by atoms with Crippen LogP contribution in [-0.2, 0) is 10.9 Å². The SMILES string of the molecule is CCNC(=O)O[C@H]1C[C@@H](CNC(=O)c2nc(-c3ccc(OC)c4nc(C(F)(F)F)ccc34)oc2[C@H](C)N)C1. The van der Waals surface area contributed by atoms with Crippen molar-refractivity contribution in [2.45, 2.75) is 45.0 Å². The Morgan fingerprint density at radius 3 is 2.55 bits per heavy atom.